The van der Waals surface area contributed by atoms with Crippen LogP contribution >= 0.6 is 11.8 Å². The third-order valence-corrected chi connectivity index (χ3v) is 8.02. The fourth-order valence-electron chi connectivity index (χ4n) is 5.00. The Labute approximate surface area is 174 Å². The molecule has 10 heteroatoms. The molecule has 0 bridgehead atoms. The summed E-state index contributed by atoms with van der Waals surface area (Å²) in [4.78, 5) is 39.2. The fraction of sp³-hybridized carbons (Fsp3) is 0.737. The number of carboxylic acid groups (broad SMARTS) is 1. The molecule has 3 saturated heterocycles. The molecule has 0 aromatic rings. The van der Waals surface area contributed by atoms with Gasteiger partial charge in [0.1, 0.15) is 11.7 Å². The molecule has 4 rings (SSSR count). The number of carbonyl (C=O) groups is 3. The van der Waals surface area contributed by atoms with Gasteiger partial charge >= 0.3 is 11.9 Å². The minimum absolute atomic E-state index is 0.0535. The molecule has 29 heavy (non-hydrogen) atoms. The maximum absolute atomic E-state index is 13.0. The number of carboxylic acids is 1. The van der Waals surface area contributed by atoms with Crippen molar-refractivity contribution in [1.82, 2.24) is 15.5 Å². The lowest BCUT2D eigenvalue weighted by atomic mass is 9.83. The lowest BCUT2D eigenvalue weighted by Crippen LogP contribution is -2.63. The van der Waals surface area contributed by atoms with Crippen molar-refractivity contribution in [2.24, 2.45) is 5.92 Å². The van der Waals surface area contributed by atoms with E-state index in [1.54, 1.807) is 6.92 Å². The first kappa shape index (κ1) is 20.8. The molecule has 4 aliphatic heterocycles. The number of rotatable bonds is 5. The Morgan fingerprint density at radius 3 is 2.62 bits per heavy atom. The van der Waals surface area contributed by atoms with Crippen LogP contribution in [0.3, 0.4) is 0 Å². The van der Waals surface area contributed by atoms with Gasteiger partial charge in [0.25, 0.3) is 0 Å². The number of aliphatic hydroxyl groups is 1. The topological polar surface area (TPSA) is 119 Å². The third kappa shape index (κ3) is 3.50. The van der Waals surface area contributed by atoms with Gasteiger partial charge in [-0.2, -0.15) is 0 Å². The summed E-state index contributed by atoms with van der Waals surface area (Å²) in [6, 6.07) is -0.497. The van der Waals surface area contributed by atoms with Crippen LogP contribution in [0.5, 0.6) is 0 Å². The number of aliphatic hydroxyl groups excluding tert-OH is 1. The molecule has 0 aromatic heterocycles. The number of piperazine rings is 1. The number of β-lactam (4-membered cyclic amide) rings is 1. The summed E-state index contributed by atoms with van der Waals surface area (Å²) in [5.74, 6) is -1.76. The minimum Gasteiger partial charge on any atom is -0.477 e. The molecule has 0 radical (unpaired) electrons. The largest absolute Gasteiger partial charge is 0.477 e. The van der Waals surface area contributed by atoms with Crippen LogP contribution in [0.1, 0.15) is 19.8 Å². The van der Waals surface area contributed by atoms with Crippen molar-refractivity contribution < 1.29 is 29.1 Å². The molecule has 2 amide bonds. The van der Waals surface area contributed by atoms with Gasteiger partial charge in [-0.15, -0.1) is 11.8 Å². The Balaban J connectivity index is 1.43. The van der Waals surface area contributed by atoms with Crippen molar-refractivity contribution in [3.63, 3.8) is 0 Å². The number of nitrogens with one attached hydrogen (secondary N) is 2. The van der Waals surface area contributed by atoms with E-state index >= 15 is 0 Å². The lowest BCUT2D eigenvalue weighted by molar-refractivity contribution is -0.837. The maximum Gasteiger partial charge on any atom is 0.353 e. The summed E-state index contributed by atoms with van der Waals surface area (Å²) in [7, 11) is 1.99. The van der Waals surface area contributed by atoms with Crippen molar-refractivity contribution >= 4 is 29.5 Å². The van der Waals surface area contributed by atoms with E-state index < -0.39 is 18.0 Å². The van der Waals surface area contributed by atoms with Crippen LogP contribution in [0.4, 0.5) is 0 Å². The van der Waals surface area contributed by atoms with E-state index in [0.29, 0.717) is 28.8 Å². The zero-order valence-electron chi connectivity index (χ0n) is 16.8. The molecule has 9 nitrogen and oxygen atoms in total. The molecule has 4 heterocycles. The average Bonchev–Trinajstić information content (AvgIpc) is 3.24. The van der Waals surface area contributed by atoms with Crippen LogP contribution in [-0.4, -0.2) is 101 Å². The predicted molar refractivity (Wildman–Crippen MR) is 107 cm³/mol. The number of hydrogen-bond acceptors (Lipinski definition) is 7. The summed E-state index contributed by atoms with van der Waals surface area (Å²) in [5, 5.41) is 26.2. The average molecular weight is 426 g/mol. The predicted octanol–water partition coefficient (Wildman–Crippen LogP) is -1.07. The normalized spacial score (nSPS) is 34.7. The van der Waals surface area contributed by atoms with Crippen LogP contribution in [0, 0.1) is 5.92 Å². The van der Waals surface area contributed by atoms with Gasteiger partial charge in [0, 0.05) is 36.2 Å². The highest BCUT2D eigenvalue weighted by Crippen LogP contribution is 2.48. The van der Waals surface area contributed by atoms with E-state index in [2.05, 4.69) is 10.6 Å². The number of nitrogens with zero attached hydrogens (tertiary/aromatic N) is 2. The van der Waals surface area contributed by atoms with Gasteiger partial charge in [0.15, 0.2) is 0 Å². The molecule has 3 fully saturated rings. The first-order valence-corrected chi connectivity index (χ1v) is 11.1. The second-order valence-electron chi connectivity index (χ2n) is 8.69. The van der Waals surface area contributed by atoms with Crippen molar-refractivity contribution in [2.75, 3.05) is 39.8 Å². The summed E-state index contributed by atoms with van der Waals surface area (Å²) in [5.41, 5.74) is 0.0535. The van der Waals surface area contributed by atoms with Crippen LogP contribution < -0.4 is 10.6 Å². The number of hydrogen-bond donors (Lipinski definition) is 4. The molecule has 4 aliphatic rings. The molecule has 5 atom stereocenters. The first-order chi connectivity index (χ1) is 13.7. The van der Waals surface area contributed by atoms with Gasteiger partial charge in [0.05, 0.1) is 38.2 Å². The highest BCUT2D eigenvalue weighted by atomic mass is 32.2. The lowest BCUT2D eigenvalue weighted by Gasteiger charge is -2.44. The highest BCUT2D eigenvalue weighted by Gasteiger charge is 2.57. The molecule has 0 aliphatic carbocycles. The summed E-state index contributed by atoms with van der Waals surface area (Å²) in [6.07, 6.45) is 0.323. The minimum atomic E-state index is -1.11. The van der Waals surface area contributed by atoms with Crippen molar-refractivity contribution in [3.8, 4) is 0 Å². The van der Waals surface area contributed by atoms with Gasteiger partial charge in [-0.25, -0.2) is 9.59 Å². The number of likely N-dealkylation sites (N-methyl/N-ethyl adjacent to an activating group) is 1. The van der Waals surface area contributed by atoms with Gasteiger partial charge in [-0.05, 0) is 13.3 Å². The summed E-state index contributed by atoms with van der Waals surface area (Å²) >= 11 is 1.47. The van der Waals surface area contributed by atoms with Gasteiger partial charge < -0.3 is 25.7 Å². The summed E-state index contributed by atoms with van der Waals surface area (Å²) in [6.45, 7) is 5.43. The standard InChI is InChI=1S/C19H28N4O5S/c1-10(24)15-13-8-14(16(19(27)28)22(13)17(15)25)29-11-7-12(21-9-11)18(26)23(2)5-3-20-4-6-23/h10-13,15,20-21,24H,3-9H2,1-2H3/p+1/t10?,11?,12?,13-,15?/m1/s1. The Morgan fingerprint density at radius 2 is 2.00 bits per heavy atom. The highest BCUT2D eigenvalue weighted by molar-refractivity contribution is 8.03. The number of quaternary nitrogens is 1. The van der Waals surface area contributed by atoms with Crippen molar-refractivity contribution in [3.05, 3.63) is 10.6 Å². The quantitative estimate of drug-likeness (QED) is 0.325. The van der Waals surface area contributed by atoms with E-state index in [1.807, 2.05) is 7.05 Å². The Bertz CT molecular complexity index is 764. The van der Waals surface area contributed by atoms with Crippen LogP contribution in [0.25, 0.3) is 0 Å². The molecular weight excluding hydrogens is 396 g/mol. The molecule has 160 valence electrons. The van der Waals surface area contributed by atoms with Crippen LogP contribution in [0.2, 0.25) is 0 Å². The van der Waals surface area contributed by atoms with E-state index in [0.717, 1.165) is 26.2 Å². The van der Waals surface area contributed by atoms with E-state index in [4.69, 9.17) is 0 Å². The first-order valence-electron chi connectivity index (χ1n) is 10.2. The maximum atomic E-state index is 13.0. The van der Waals surface area contributed by atoms with E-state index in [-0.39, 0.29) is 34.8 Å². The summed E-state index contributed by atoms with van der Waals surface area (Å²) < 4.78 is 0.422. The third-order valence-electron chi connectivity index (χ3n) is 6.68. The van der Waals surface area contributed by atoms with E-state index in [9.17, 15) is 24.6 Å². The molecular formula is C19H29N4O5S+. The molecule has 0 saturated carbocycles. The fourth-order valence-corrected chi connectivity index (χ4v) is 6.44. The second-order valence-corrected chi connectivity index (χ2v) is 10.1. The van der Waals surface area contributed by atoms with E-state index in [1.165, 1.54) is 16.7 Å². The van der Waals surface area contributed by atoms with Gasteiger partial charge in [-0.1, -0.05) is 0 Å². The number of amides is 2. The van der Waals surface area contributed by atoms with Crippen molar-refractivity contribution in [1.29, 1.82) is 0 Å². The zero-order valence-corrected chi connectivity index (χ0v) is 17.6. The molecule has 4 N–H and O–H groups in total. The number of carbonyl (C=O) groups excluding carboxylic acids is 2. The SMILES string of the molecule is CC(O)C1C(=O)N2C(C(=O)O)=C(SC3CNC(C(=O)[N+]4(C)CCNCC4)C3)C[C@H]12. The zero-order chi connectivity index (χ0) is 20.9. The monoisotopic (exact) mass is 425 g/mol. The van der Waals surface area contributed by atoms with Gasteiger partial charge in [-0.3, -0.25) is 9.28 Å². The number of fused-ring (bicyclic) bond motifs is 1. The molecule has 0 aromatic carbocycles. The van der Waals surface area contributed by atoms with Gasteiger partial charge in [0.2, 0.25) is 5.91 Å². The van der Waals surface area contributed by atoms with Crippen molar-refractivity contribution in [2.45, 2.75) is 43.2 Å². The van der Waals surface area contributed by atoms with Crippen LogP contribution in [-0.2, 0) is 14.4 Å². The molecule has 0 spiro atoms. The Kier molecular flexibility index (Phi) is 5.49. The second kappa shape index (κ2) is 7.66. The Hall–Kier alpha value is -1.46. The Morgan fingerprint density at radius 1 is 1.31 bits per heavy atom. The number of thioether (sulfide) groups is 1. The number of aliphatic carboxylic acids is 1. The molecule has 4 unspecified atom stereocenters. The smallest absolute Gasteiger partial charge is 0.353 e. The van der Waals surface area contributed by atoms with Crippen LogP contribution in [0.15, 0.2) is 10.6 Å².